The lowest BCUT2D eigenvalue weighted by atomic mass is 10.0. The van der Waals surface area contributed by atoms with Gasteiger partial charge < -0.3 is 18.3 Å². The Kier molecular flexibility index (Phi) is 5.63. The van der Waals surface area contributed by atoms with Crippen LogP contribution in [0.4, 0.5) is 17.1 Å². The highest BCUT2D eigenvalue weighted by Crippen LogP contribution is 2.45. The number of rotatable bonds is 4. The predicted molar refractivity (Wildman–Crippen MR) is 208 cm³/mol. The zero-order valence-corrected chi connectivity index (χ0v) is 26.9. The van der Waals surface area contributed by atoms with Crippen LogP contribution in [-0.2, 0) is 0 Å². The number of anilines is 3. The van der Waals surface area contributed by atoms with E-state index in [9.17, 15) is 0 Å². The van der Waals surface area contributed by atoms with Gasteiger partial charge >= 0.3 is 0 Å². The molecule has 0 saturated heterocycles. The van der Waals surface area contributed by atoms with Crippen molar-refractivity contribution in [2.24, 2.45) is 0 Å². The van der Waals surface area contributed by atoms with Crippen molar-refractivity contribution in [2.45, 2.75) is 0 Å². The van der Waals surface area contributed by atoms with Crippen LogP contribution in [0, 0.1) is 0 Å². The van der Waals surface area contributed by atoms with Crippen LogP contribution in [0.2, 0.25) is 0 Å². The van der Waals surface area contributed by atoms with Gasteiger partial charge in [-0.15, -0.1) is 0 Å². The molecular formula is C46H28N2O2. The summed E-state index contributed by atoms with van der Waals surface area (Å²) in [7, 11) is 0. The monoisotopic (exact) mass is 640 g/mol. The normalized spacial score (nSPS) is 12.0. The minimum atomic E-state index is 0.844. The quantitative estimate of drug-likeness (QED) is 0.192. The number of nitrogens with zero attached hydrogens (tertiary/aromatic N) is 2. The molecule has 0 fully saturated rings. The van der Waals surface area contributed by atoms with Gasteiger partial charge in [-0.3, -0.25) is 0 Å². The molecule has 0 aliphatic carbocycles. The highest BCUT2D eigenvalue weighted by molar-refractivity contribution is 6.19. The van der Waals surface area contributed by atoms with Gasteiger partial charge in [0.05, 0.1) is 22.4 Å². The van der Waals surface area contributed by atoms with E-state index < -0.39 is 0 Å². The summed E-state index contributed by atoms with van der Waals surface area (Å²) < 4.78 is 15.6. The highest BCUT2D eigenvalue weighted by atomic mass is 16.3. The molecule has 3 aromatic heterocycles. The number of hydrogen-bond donors (Lipinski definition) is 0. The Labute approximate surface area is 286 Å². The summed E-state index contributed by atoms with van der Waals surface area (Å²) in [6.07, 6.45) is 0. The molecule has 4 heteroatoms. The zero-order chi connectivity index (χ0) is 32.8. The molecule has 234 valence electrons. The number of benzene rings is 8. The standard InChI is InChI=1S/C46H28N2O2/c1-2-12-30(13-3-1)48-39-18-8-6-15-34(39)38-27-31(23-25-40(38)48)47(41-19-10-17-36-35-16-7-9-20-42(35)50-46(36)41)32-22-24-37-44(28-32)49-43-26-21-29-11-4-5-14-33(29)45(37)43/h1-28H. The van der Waals surface area contributed by atoms with Gasteiger partial charge in [0.1, 0.15) is 16.7 Å². The molecule has 0 saturated carbocycles. The van der Waals surface area contributed by atoms with E-state index in [1.807, 2.05) is 12.1 Å². The molecule has 0 aliphatic heterocycles. The van der Waals surface area contributed by atoms with Crippen LogP contribution < -0.4 is 4.90 Å². The Bertz CT molecular complexity index is 3110. The maximum atomic E-state index is 6.64. The van der Waals surface area contributed by atoms with Crippen molar-refractivity contribution < 1.29 is 8.83 Å². The van der Waals surface area contributed by atoms with Gasteiger partial charge in [0.2, 0.25) is 0 Å². The SMILES string of the molecule is c1ccc(-n2c3ccccc3c3cc(N(c4ccc5c(c4)oc4ccc6ccccc6c45)c4cccc5c4oc4ccccc45)ccc32)cc1. The molecule has 0 amide bonds. The molecule has 3 heterocycles. The first-order chi connectivity index (χ1) is 24.8. The highest BCUT2D eigenvalue weighted by Gasteiger charge is 2.22. The van der Waals surface area contributed by atoms with Crippen molar-refractivity contribution in [3.63, 3.8) is 0 Å². The second kappa shape index (κ2) is 10.4. The summed E-state index contributed by atoms with van der Waals surface area (Å²) in [5.74, 6) is 0. The average molecular weight is 641 g/mol. The van der Waals surface area contributed by atoms with Crippen molar-refractivity contribution in [2.75, 3.05) is 4.90 Å². The van der Waals surface area contributed by atoms with Crippen LogP contribution in [0.15, 0.2) is 179 Å². The molecule has 0 spiro atoms. The van der Waals surface area contributed by atoms with Gasteiger partial charge in [-0.05, 0) is 77.5 Å². The summed E-state index contributed by atoms with van der Waals surface area (Å²) in [5.41, 5.74) is 9.89. The molecule has 0 radical (unpaired) electrons. The topological polar surface area (TPSA) is 34.5 Å². The molecule has 8 aromatic carbocycles. The third kappa shape index (κ3) is 3.87. The van der Waals surface area contributed by atoms with Crippen molar-refractivity contribution in [1.29, 1.82) is 0 Å². The van der Waals surface area contributed by atoms with Crippen molar-refractivity contribution in [3.05, 3.63) is 170 Å². The van der Waals surface area contributed by atoms with E-state index in [0.29, 0.717) is 0 Å². The van der Waals surface area contributed by atoms with Crippen LogP contribution in [-0.4, -0.2) is 4.57 Å². The van der Waals surface area contributed by atoms with E-state index in [1.54, 1.807) is 0 Å². The van der Waals surface area contributed by atoms with Crippen LogP contribution in [0.25, 0.3) is 82.1 Å². The van der Waals surface area contributed by atoms with Gasteiger partial charge in [0.15, 0.2) is 5.58 Å². The Morgan fingerprint density at radius 2 is 1.12 bits per heavy atom. The van der Waals surface area contributed by atoms with Crippen LogP contribution in [0.5, 0.6) is 0 Å². The van der Waals surface area contributed by atoms with E-state index in [1.165, 1.54) is 27.1 Å². The van der Waals surface area contributed by atoms with E-state index in [4.69, 9.17) is 8.83 Å². The lowest BCUT2D eigenvalue weighted by molar-refractivity contribution is 0.667. The molecule has 0 unspecified atom stereocenters. The number of hydrogen-bond acceptors (Lipinski definition) is 3. The Hall–Kier alpha value is -6.78. The Morgan fingerprint density at radius 1 is 0.400 bits per heavy atom. The van der Waals surface area contributed by atoms with E-state index in [-0.39, 0.29) is 0 Å². The van der Waals surface area contributed by atoms with Crippen LogP contribution in [0.3, 0.4) is 0 Å². The predicted octanol–water partition coefficient (Wildman–Crippen LogP) is 13.2. The van der Waals surface area contributed by atoms with Crippen molar-refractivity contribution >= 4 is 93.5 Å². The molecular weight excluding hydrogens is 613 g/mol. The maximum Gasteiger partial charge on any atom is 0.159 e. The fourth-order valence-corrected chi connectivity index (χ4v) is 7.96. The second-order valence-corrected chi connectivity index (χ2v) is 12.9. The number of fused-ring (bicyclic) bond motifs is 11. The first kappa shape index (κ1) is 27.2. The van der Waals surface area contributed by atoms with Gasteiger partial charge in [0.25, 0.3) is 0 Å². The van der Waals surface area contributed by atoms with E-state index in [0.717, 1.165) is 72.1 Å². The smallest absolute Gasteiger partial charge is 0.159 e. The summed E-state index contributed by atoms with van der Waals surface area (Å²) in [6, 6.07) is 60.0. The minimum Gasteiger partial charge on any atom is -0.456 e. The van der Waals surface area contributed by atoms with Gasteiger partial charge in [-0.25, -0.2) is 0 Å². The summed E-state index contributed by atoms with van der Waals surface area (Å²) in [5, 5.41) is 9.21. The molecule has 0 atom stereocenters. The van der Waals surface area contributed by atoms with E-state index in [2.05, 4.69) is 167 Å². The Balaban J connectivity index is 1.19. The van der Waals surface area contributed by atoms with Crippen molar-refractivity contribution in [1.82, 2.24) is 4.57 Å². The zero-order valence-electron chi connectivity index (χ0n) is 26.9. The van der Waals surface area contributed by atoms with E-state index >= 15 is 0 Å². The summed E-state index contributed by atoms with van der Waals surface area (Å²) in [4.78, 5) is 2.31. The largest absolute Gasteiger partial charge is 0.456 e. The third-order valence-corrected chi connectivity index (χ3v) is 10.2. The fourth-order valence-electron chi connectivity index (χ4n) is 7.96. The van der Waals surface area contributed by atoms with Gasteiger partial charge in [-0.1, -0.05) is 97.1 Å². The second-order valence-electron chi connectivity index (χ2n) is 12.9. The molecule has 0 N–H and O–H groups in total. The maximum absolute atomic E-state index is 6.64. The minimum absolute atomic E-state index is 0.844. The number of para-hydroxylation sites is 4. The number of furan rings is 2. The Morgan fingerprint density at radius 3 is 2.04 bits per heavy atom. The first-order valence-corrected chi connectivity index (χ1v) is 16.9. The van der Waals surface area contributed by atoms with Crippen molar-refractivity contribution in [3.8, 4) is 5.69 Å². The average Bonchev–Trinajstić information content (AvgIpc) is 3.85. The first-order valence-electron chi connectivity index (χ1n) is 16.9. The van der Waals surface area contributed by atoms with Crippen LogP contribution in [0.1, 0.15) is 0 Å². The lowest BCUT2D eigenvalue weighted by Gasteiger charge is -2.25. The van der Waals surface area contributed by atoms with Gasteiger partial charge in [-0.2, -0.15) is 0 Å². The fraction of sp³-hybridized carbons (Fsp3) is 0. The van der Waals surface area contributed by atoms with Crippen LogP contribution >= 0.6 is 0 Å². The summed E-state index contributed by atoms with van der Waals surface area (Å²) in [6.45, 7) is 0. The molecule has 0 aliphatic rings. The molecule has 4 nitrogen and oxygen atoms in total. The summed E-state index contributed by atoms with van der Waals surface area (Å²) >= 11 is 0. The molecule has 50 heavy (non-hydrogen) atoms. The lowest BCUT2D eigenvalue weighted by Crippen LogP contribution is -2.10. The van der Waals surface area contributed by atoms with Gasteiger partial charge in [0, 0.05) is 49.8 Å². The number of aromatic nitrogens is 1. The third-order valence-electron chi connectivity index (χ3n) is 10.2. The molecule has 0 bridgehead atoms. The molecule has 11 rings (SSSR count). The molecule has 11 aromatic rings.